The molecule has 0 fully saturated rings. The Hall–Kier alpha value is -2.13. The van der Waals surface area contributed by atoms with Crippen molar-refractivity contribution in [2.75, 3.05) is 7.05 Å². The molecule has 2 atom stereocenters. The summed E-state index contributed by atoms with van der Waals surface area (Å²) in [7, 11) is 1.70. The monoisotopic (exact) mass is 277 g/mol. The van der Waals surface area contributed by atoms with Gasteiger partial charge in [0.05, 0.1) is 17.1 Å². The molecule has 0 bridgehead atoms. The molecule has 1 rings (SSSR count). The smallest absolute Gasteiger partial charge is 0.311 e. The maximum atomic E-state index is 11.0. The van der Waals surface area contributed by atoms with Crippen LogP contribution in [0.15, 0.2) is 18.2 Å². The molecule has 6 nitrogen and oxygen atoms in total. The summed E-state index contributed by atoms with van der Waals surface area (Å²) in [5, 5.41) is 23.0. The maximum absolute atomic E-state index is 11.0. The number of hydrogen-bond donors (Lipinski definition) is 1. The third kappa shape index (κ3) is 3.93. The lowest BCUT2D eigenvalue weighted by Crippen LogP contribution is -2.41. The van der Waals surface area contributed by atoms with Gasteiger partial charge in [-0.25, -0.2) is 0 Å². The minimum atomic E-state index is -0.723. The van der Waals surface area contributed by atoms with Gasteiger partial charge in [0.15, 0.2) is 5.75 Å². The molecule has 108 valence electrons. The highest BCUT2D eigenvalue weighted by molar-refractivity contribution is 5.48. The number of nitrogens with one attached hydrogen (secondary N) is 1. The third-order valence-electron chi connectivity index (χ3n) is 3.13. The summed E-state index contributed by atoms with van der Waals surface area (Å²) in [4.78, 5) is 10.6. The zero-order valence-electron chi connectivity index (χ0n) is 12.1. The van der Waals surface area contributed by atoms with E-state index in [2.05, 4.69) is 11.4 Å². The molecule has 1 aromatic carbocycles. The lowest BCUT2D eigenvalue weighted by molar-refractivity contribution is -0.386. The van der Waals surface area contributed by atoms with Crippen molar-refractivity contribution in [1.29, 1.82) is 5.26 Å². The zero-order valence-corrected chi connectivity index (χ0v) is 12.1. The van der Waals surface area contributed by atoms with E-state index in [0.29, 0.717) is 6.42 Å². The Balaban J connectivity index is 2.89. The van der Waals surface area contributed by atoms with E-state index in [4.69, 9.17) is 10.00 Å². The molecule has 0 amide bonds. The van der Waals surface area contributed by atoms with Crippen LogP contribution in [0.5, 0.6) is 5.75 Å². The van der Waals surface area contributed by atoms with Crippen molar-refractivity contribution in [3.05, 3.63) is 33.9 Å². The molecule has 2 unspecified atom stereocenters. The first kappa shape index (κ1) is 15.9. The van der Waals surface area contributed by atoms with Crippen LogP contribution in [0.25, 0.3) is 0 Å². The van der Waals surface area contributed by atoms with Gasteiger partial charge in [-0.3, -0.25) is 10.1 Å². The fraction of sp³-hybridized carbons (Fsp3) is 0.500. The van der Waals surface area contributed by atoms with Gasteiger partial charge < -0.3 is 10.1 Å². The highest BCUT2D eigenvalue weighted by atomic mass is 16.6. The number of ether oxygens (including phenoxy) is 1. The Morgan fingerprint density at radius 2 is 2.25 bits per heavy atom. The number of aryl methyl sites for hydroxylation is 1. The Bertz CT molecular complexity index is 539. The van der Waals surface area contributed by atoms with Gasteiger partial charge in [-0.15, -0.1) is 0 Å². The second-order valence-corrected chi connectivity index (χ2v) is 5.05. The normalized spacial score (nSPS) is 14.9. The van der Waals surface area contributed by atoms with Crippen molar-refractivity contribution in [1.82, 2.24) is 5.32 Å². The van der Waals surface area contributed by atoms with Crippen LogP contribution in [0.4, 0.5) is 5.69 Å². The molecule has 0 aliphatic heterocycles. The summed E-state index contributed by atoms with van der Waals surface area (Å²) in [6.45, 7) is 5.33. The molecular formula is C14H19N3O3. The fourth-order valence-corrected chi connectivity index (χ4v) is 1.91. The van der Waals surface area contributed by atoms with Gasteiger partial charge in [0, 0.05) is 12.5 Å². The van der Waals surface area contributed by atoms with Crippen molar-refractivity contribution in [3.8, 4) is 11.8 Å². The number of nitro groups is 1. The number of nitriles is 1. The second-order valence-electron chi connectivity index (χ2n) is 5.05. The van der Waals surface area contributed by atoms with Gasteiger partial charge in [-0.05, 0) is 39.4 Å². The number of nitro benzene ring substituents is 1. The van der Waals surface area contributed by atoms with Crippen LogP contribution in [0.2, 0.25) is 0 Å². The summed E-state index contributed by atoms with van der Waals surface area (Å²) in [6.07, 6.45) is 0.0962. The predicted octanol–water partition coefficient (Wildman–Crippen LogP) is 2.56. The Morgan fingerprint density at radius 3 is 2.75 bits per heavy atom. The van der Waals surface area contributed by atoms with Gasteiger partial charge >= 0.3 is 5.69 Å². The van der Waals surface area contributed by atoms with Crippen molar-refractivity contribution >= 4 is 5.69 Å². The molecule has 20 heavy (non-hydrogen) atoms. The lowest BCUT2D eigenvalue weighted by Gasteiger charge is -2.25. The first-order valence-corrected chi connectivity index (χ1v) is 6.33. The van der Waals surface area contributed by atoms with E-state index in [0.717, 1.165) is 5.56 Å². The van der Waals surface area contributed by atoms with Gasteiger partial charge in [0.1, 0.15) is 5.54 Å². The zero-order chi connectivity index (χ0) is 15.3. The SMILES string of the molecule is CNC(C)(C#N)CC(C)Oc1ccc(C)cc1[N+](=O)[O-]. The fourth-order valence-electron chi connectivity index (χ4n) is 1.91. The largest absolute Gasteiger partial charge is 0.484 e. The molecule has 6 heteroatoms. The van der Waals surface area contributed by atoms with Crippen LogP contribution < -0.4 is 10.1 Å². The van der Waals surface area contributed by atoms with Crippen molar-refractivity contribution < 1.29 is 9.66 Å². The Kier molecular flexibility index (Phi) is 5.06. The van der Waals surface area contributed by atoms with Crippen LogP contribution in [-0.4, -0.2) is 23.6 Å². The van der Waals surface area contributed by atoms with Crippen LogP contribution >= 0.6 is 0 Å². The second kappa shape index (κ2) is 6.35. The van der Waals surface area contributed by atoms with Crippen LogP contribution in [-0.2, 0) is 0 Å². The predicted molar refractivity (Wildman–Crippen MR) is 75.6 cm³/mol. The van der Waals surface area contributed by atoms with E-state index in [9.17, 15) is 10.1 Å². The molecular weight excluding hydrogens is 258 g/mol. The van der Waals surface area contributed by atoms with Gasteiger partial charge in [-0.2, -0.15) is 5.26 Å². The number of benzene rings is 1. The first-order valence-electron chi connectivity index (χ1n) is 6.33. The van der Waals surface area contributed by atoms with Crippen molar-refractivity contribution in [2.45, 2.75) is 38.8 Å². The van der Waals surface area contributed by atoms with E-state index in [1.54, 1.807) is 40.0 Å². The third-order valence-corrected chi connectivity index (χ3v) is 3.13. The molecule has 1 N–H and O–H groups in total. The molecule has 0 aliphatic carbocycles. The summed E-state index contributed by atoms with van der Waals surface area (Å²) in [6, 6.07) is 6.99. The van der Waals surface area contributed by atoms with Gasteiger partial charge in [0.2, 0.25) is 0 Å². The average Bonchev–Trinajstić information content (AvgIpc) is 2.40. The van der Waals surface area contributed by atoms with Gasteiger partial charge in [-0.1, -0.05) is 6.07 Å². The van der Waals surface area contributed by atoms with E-state index < -0.39 is 10.5 Å². The van der Waals surface area contributed by atoms with E-state index >= 15 is 0 Å². The highest BCUT2D eigenvalue weighted by Gasteiger charge is 2.26. The Morgan fingerprint density at radius 1 is 1.60 bits per heavy atom. The molecule has 1 aromatic rings. The van der Waals surface area contributed by atoms with Crippen molar-refractivity contribution in [2.24, 2.45) is 0 Å². The molecule has 0 aromatic heterocycles. The van der Waals surface area contributed by atoms with Crippen LogP contribution in [0.3, 0.4) is 0 Å². The molecule has 0 heterocycles. The topological polar surface area (TPSA) is 88.2 Å². The summed E-state index contributed by atoms with van der Waals surface area (Å²) < 4.78 is 5.63. The molecule has 0 saturated carbocycles. The quantitative estimate of drug-likeness (QED) is 0.637. The van der Waals surface area contributed by atoms with Crippen molar-refractivity contribution in [3.63, 3.8) is 0 Å². The summed E-state index contributed by atoms with van der Waals surface area (Å²) >= 11 is 0. The average molecular weight is 277 g/mol. The first-order chi connectivity index (χ1) is 9.31. The molecule has 0 saturated heterocycles. The van der Waals surface area contributed by atoms with Gasteiger partial charge in [0.25, 0.3) is 0 Å². The number of hydrogen-bond acceptors (Lipinski definition) is 5. The number of nitrogens with zero attached hydrogens (tertiary/aromatic N) is 2. The summed E-state index contributed by atoms with van der Waals surface area (Å²) in [5.41, 5.74) is 0.0209. The minimum absolute atomic E-state index is 0.0556. The summed E-state index contributed by atoms with van der Waals surface area (Å²) in [5.74, 6) is 0.226. The maximum Gasteiger partial charge on any atom is 0.311 e. The Labute approximate surface area is 118 Å². The van der Waals surface area contributed by atoms with Crippen LogP contribution in [0.1, 0.15) is 25.8 Å². The minimum Gasteiger partial charge on any atom is -0.484 e. The highest BCUT2D eigenvalue weighted by Crippen LogP contribution is 2.29. The number of rotatable bonds is 6. The van der Waals surface area contributed by atoms with Crippen LogP contribution in [0, 0.1) is 28.4 Å². The van der Waals surface area contributed by atoms with E-state index in [1.165, 1.54) is 6.07 Å². The van der Waals surface area contributed by atoms with E-state index in [1.807, 2.05) is 0 Å². The molecule has 0 aliphatic rings. The molecule has 0 radical (unpaired) electrons. The van der Waals surface area contributed by atoms with E-state index in [-0.39, 0.29) is 17.5 Å². The standard InChI is InChI=1S/C14H19N3O3/c1-10-5-6-13(12(7-10)17(18)19)20-11(2)8-14(3,9-15)16-4/h5-7,11,16H,8H2,1-4H3. The molecule has 0 spiro atoms. The lowest BCUT2D eigenvalue weighted by atomic mass is 9.97.